The van der Waals surface area contributed by atoms with E-state index in [1.807, 2.05) is 37.3 Å². The van der Waals surface area contributed by atoms with Crippen LogP contribution in [-0.2, 0) is 0 Å². The molecule has 0 fully saturated rings. The lowest BCUT2D eigenvalue weighted by atomic mass is 10.0. The van der Waals surface area contributed by atoms with Gasteiger partial charge in [0.1, 0.15) is 11.6 Å². The molecule has 4 rings (SSSR count). The predicted octanol–water partition coefficient (Wildman–Crippen LogP) is 6.86. The molecule has 0 bridgehead atoms. The van der Waals surface area contributed by atoms with E-state index in [9.17, 15) is 0 Å². The molecular formula is C26H29N3O2S. The lowest BCUT2D eigenvalue weighted by molar-refractivity contribution is 0.311. The van der Waals surface area contributed by atoms with Crippen LogP contribution in [0.4, 0.5) is 5.82 Å². The van der Waals surface area contributed by atoms with Gasteiger partial charge in [-0.2, -0.15) is 0 Å². The van der Waals surface area contributed by atoms with Crippen molar-refractivity contribution in [1.82, 2.24) is 9.97 Å². The Morgan fingerprint density at radius 2 is 1.81 bits per heavy atom. The maximum absolute atomic E-state index is 5.72. The summed E-state index contributed by atoms with van der Waals surface area (Å²) < 4.78 is 11.3. The number of thiophene rings is 1. The molecule has 0 aliphatic heterocycles. The number of hydrogen-bond donors (Lipinski definition) is 1. The van der Waals surface area contributed by atoms with Crippen LogP contribution in [0.15, 0.2) is 42.5 Å². The van der Waals surface area contributed by atoms with Crippen LogP contribution >= 0.6 is 11.3 Å². The Hall–Kier alpha value is -3.12. The Morgan fingerprint density at radius 3 is 2.53 bits per heavy atom. The minimum Gasteiger partial charge on any atom is -0.493 e. The molecule has 2 heterocycles. The van der Waals surface area contributed by atoms with Crippen molar-refractivity contribution in [1.29, 1.82) is 0 Å². The van der Waals surface area contributed by atoms with Crippen LogP contribution in [0.1, 0.15) is 41.7 Å². The Labute approximate surface area is 193 Å². The molecule has 0 aliphatic rings. The summed E-state index contributed by atoms with van der Waals surface area (Å²) in [6.45, 7) is 10.9. The minimum atomic E-state index is 0.0922. The average Bonchev–Trinajstić information content (AvgIpc) is 3.23. The number of anilines is 1. The van der Waals surface area contributed by atoms with Gasteiger partial charge < -0.3 is 14.8 Å². The zero-order valence-electron chi connectivity index (χ0n) is 19.4. The molecule has 166 valence electrons. The average molecular weight is 448 g/mol. The Morgan fingerprint density at radius 1 is 1.00 bits per heavy atom. The van der Waals surface area contributed by atoms with Crippen molar-refractivity contribution in [2.75, 3.05) is 19.0 Å². The molecule has 5 nitrogen and oxygen atoms in total. The van der Waals surface area contributed by atoms with Crippen LogP contribution < -0.4 is 14.8 Å². The number of aromatic nitrogens is 2. The van der Waals surface area contributed by atoms with Crippen molar-refractivity contribution in [2.45, 2.75) is 40.7 Å². The van der Waals surface area contributed by atoms with Gasteiger partial charge in [-0.15, -0.1) is 11.3 Å². The summed E-state index contributed by atoms with van der Waals surface area (Å²) in [5.41, 5.74) is 4.70. The third kappa shape index (κ3) is 4.41. The number of nitrogens with one attached hydrogen (secondary N) is 1. The summed E-state index contributed by atoms with van der Waals surface area (Å²) in [7, 11) is 1.65. The van der Waals surface area contributed by atoms with E-state index in [4.69, 9.17) is 14.5 Å². The smallest absolute Gasteiger partial charge is 0.163 e. The molecular weight excluding hydrogens is 418 g/mol. The predicted molar refractivity (Wildman–Crippen MR) is 133 cm³/mol. The fourth-order valence-electron chi connectivity index (χ4n) is 3.89. The highest BCUT2D eigenvalue weighted by Crippen LogP contribution is 2.37. The van der Waals surface area contributed by atoms with Crippen molar-refractivity contribution >= 4 is 28.1 Å². The van der Waals surface area contributed by atoms with Gasteiger partial charge in [-0.25, -0.2) is 9.97 Å². The first-order valence-corrected chi connectivity index (χ1v) is 11.6. The Balaban J connectivity index is 1.66. The van der Waals surface area contributed by atoms with Crippen LogP contribution in [0.5, 0.6) is 11.5 Å². The quantitative estimate of drug-likeness (QED) is 0.335. The molecule has 1 N–H and O–H groups in total. The van der Waals surface area contributed by atoms with Gasteiger partial charge in [0.2, 0.25) is 0 Å². The van der Waals surface area contributed by atoms with Crippen LogP contribution in [0.2, 0.25) is 0 Å². The van der Waals surface area contributed by atoms with Gasteiger partial charge in [-0.1, -0.05) is 23.8 Å². The summed E-state index contributed by atoms with van der Waals surface area (Å²) in [6, 6.07) is 15.0. The zero-order chi connectivity index (χ0) is 22.8. The van der Waals surface area contributed by atoms with Gasteiger partial charge in [0.15, 0.2) is 11.5 Å². The highest BCUT2D eigenvalue weighted by molar-refractivity contribution is 7.15. The van der Waals surface area contributed by atoms with E-state index in [0.717, 1.165) is 16.7 Å². The number of nitrogens with zero attached hydrogens (tertiary/aromatic N) is 2. The van der Waals surface area contributed by atoms with Gasteiger partial charge in [-0.05, 0) is 63.9 Å². The second kappa shape index (κ2) is 9.17. The largest absolute Gasteiger partial charge is 0.493 e. The molecule has 0 unspecified atom stereocenters. The van der Waals surface area contributed by atoms with Gasteiger partial charge >= 0.3 is 0 Å². The highest BCUT2D eigenvalue weighted by Gasteiger charge is 2.16. The maximum Gasteiger partial charge on any atom is 0.163 e. The van der Waals surface area contributed by atoms with Crippen molar-refractivity contribution in [3.63, 3.8) is 0 Å². The van der Waals surface area contributed by atoms with Gasteiger partial charge in [0.05, 0.1) is 25.3 Å². The first kappa shape index (κ1) is 22.1. The number of ether oxygens (including phenoxy) is 2. The van der Waals surface area contributed by atoms with Crippen LogP contribution in [-0.4, -0.2) is 23.7 Å². The first-order valence-electron chi connectivity index (χ1n) is 10.8. The maximum atomic E-state index is 5.72. The summed E-state index contributed by atoms with van der Waals surface area (Å²) >= 11 is 1.81. The second-order valence-electron chi connectivity index (χ2n) is 7.96. The summed E-state index contributed by atoms with van der Waals surface area (Å²) in [5, 5.41) is 4.51. The zero-order valence-corrected chi connectivity index (χ0v) is 20.3. The molecule has 32 heavy (non-hydrogen) atoms. The lowest BCUT2D eigenvalue weighted by Gasteiger charge is -2.17. The van der Waals surface area contributed by atoms with Crippen molar-refractivity contribution in [2.24, 2.45) is 0 Å². The number of hydrogen-bond acceptors (Lipinski definition) is 6. The van der Waals surface area contributed by atoms with Crippen LogP contribution in [0.3, 0.4) is 0 Å². The minimum absolute atomic E-state index is 0.0922. The topological polar surface area (TPSA) is 56.3 Å². The molecule has 0 aliphatic carbocycles. The molecule has 6 heteroatoms. The van der Waals surface area contributed by atoms with E-state index in [0.29, 0.717) is 23.9 Å². The number of fused-ring (bicyclic) bond motifs is 1. The number of benzene rings is 2. The monoisotopic (exact) mass is 447 g/mol. The summed E-state index contributed by atoms with van der Waals surface area (Å²) in [5.74, 6) is 2.87. The number of rotatable bonds is 7. The van der Waals surface area contributed by atoms with E-state index in [1.165, 1.54) is 26.4 Å². The molecule has 2 aromatic carbocycles. The lowest BCUT2D eigenvalue weighted by Crippen LogP contribution is -2.08. The van der Waals surface area contributed by atoms with Crippen molar-refractivity contribution < 1.29 is 9.47 Å². The fraction of sp³-hybridized carbons (Fsp3) is 0.308. The van der Waals surface area contributed by atoms with E-state index in [2.05, 4.69) is 61.4 Å². The van der Waals surface area contributed by atoms with Crippen molar-refractivity contribution in [3.05, 3.63) is 64.3 Å². The molecule has 2 aromatic heterocycles. The number of aryl methyl sites for hydroxylation is 3. The molecule has 0 saturated carbocycles. The Bertz CT molecular complexity index is 1270. The Kier molecular flexibility index (Phi) is 6.33. The molecule has 0 radical (unpaired) electrons. The van der Waals surface area contributed by atoms with Crippen LogP contribution in [0, 0.1) is 20.8 Å². The van der Waals surface area contributed by atoms with Crippen LogP contribution in [0.25, 0.3) is 21.3 Å². The fourth-order valence-corrected chi connectivity index (χ4v) is 4.99. The molecule has 0 amide bonds. The van der Waals surface area contributed by atoms with E-state index >= 15 is 0 Å². The third-order valence-electron chi connectivity index (χ3n) is 5.45. The molecule has 1 atom stereocenters. The normalized spacial score (nSPS) is 12.1. The molecule has 0 saturated heterocycles. The van der Waals surface area contributed by atoms with Crippen molar-refractivity contribution in [3.8, 4) is 21.9 Å². The molecule has 4 aromatic rings. The third-order valence-corrected chi connectivity index (χ3v) is 6.75. The SMILES string of the molecule is CCOc1cc2nc(C)nc(N[C@@H](C)c3ccc(-c4ccc(C)cc4C)s3)c2cc1OC. The van der Waals surface area contributed by atoms with Gasteiger partial charge in [-0.3, -0.25) is 0 Å². The second-order valence-corrected chi connectivity index (χ2v) is 9.07. The summed E-state index contributed by atoms with van der Waals surface area (Å²) in [4.78, 5) is 11.8. The van der Waals surface area contributed by atoms with E-state index in [1.54, 1.807) is 7.11 Å². The van der Waals surface area contributed by atoms with E-state index < -0.39 is 0 Å². The van der Waals surface area contributed by atoms with Gasteiger partial charge in [0.25, 0.3) is 0 Å². The standard InChI is InChI=1S/C26H29N3O2S/c1-7-31-23-14-21-20(13-22(23)30-6)26(29-18(5)28-21)27-17(4)24-10-11-25(32-24)19-9-8-15(2)12-16(19)3/h8-14,17H,7H2,1-6H3,(H,27,28,29)/t17-/m0/s1. The first-order chi connectivity index (χ1) is 15.4. The molecule has 0 spiro atoms. The van der Waals surface area contributed by atoms with Gasteiger partial charge in [0, 0.05) is 21.2 Å². The van der Waals surface area contributed by atoms with E-state index in [-0.39, 0.29) is 6.04 Å². The highest BCUT2D eigenvalue weighted by atomic mass is 32.1. The number of methoxy groups -OCH3 is 1. The summed E-state index contributed by atoms with van der Waals surface area (Å²) in [6.07, 6.45) is 0.